The first-order valence-electron chi connectivity index (χ1n) is 6.84. The Hall–Kier alpha value is -2.00. The highest BCUT2D eigenvalue weighted by molar-refractivity contribution is 6.32. The Morgan fingerprint density at radius 3 is 2.33 bits per heavy atom. The molecule has 2 aromatic carbocycles. The second-order valence-electron chi connectivity index (χ2n) is 4.83. The van der Waals surface area contributed by atoms with E-state index in [2.05, 4.69) is 5.32 Å². The Morgan fingerprint density at radius 2 is 1.67 bits per heavy atom. The molecule has 0 aliphatic heterocycles. The molecule has 0 unspecified atom stereocenters. The summed E-state index contributed by atoms with van der Waals surface area (Å²) in [5.41, 5.74) is 1.05. The Kier molecular flexibility index (Phi) is 5.23. The number of para-hydroxylation sites is 1. The van der Waals surface area contributed by atoms with Gasteiger partial charge in [0.15, 0.2) is 6.10 Å². The number of ether oxygens (including phenoxy) is 1. The second kappa shape index (κ2) is 7.14. The topological polar surface area (TPSA) is 38.3 Å². The van der Waals surface area contributed by atoms with E-state index >= 15 is 0 Å². The molecule has 2 aromatic rings. The van der Waals surface area contributed by atoms with Gasteiger partial charge in [-0.15, -0.1) is 0 Å². The molecule has 3 nitrogen and oxygen atoms in total. The molecular formula is C17H18ClNO2. The molecule has 1 N–H and O–H groups in total. The molecule has 0 aliphatic rings. The van der Waals surface area contributed by atoms with Crippen molar-refractivity contribution < 1.29 is 9.53 Å². The van der Waals surface area contributed by atoms with Gasteiger partial charge in [0, 0.05) is 0 Å². The highest BCUT2D eigenvalue weighted by Crippen LogP contribution is 2.24. The number of rotatable bonds is 5. The van der Waals surface area contributed by atoms with Crippen molar-refractivity contribution in [3.63, 3.8) is 0 Å². The van der Waals surface area contributed by atoms with Crippen LogP contribution >= 0.6 is 11.6 Å². The van der Waals surface area contributed by atoms with Gasteiger partial charge in [0.1, 0.15) is 5.75 Å². The fraction of sp³-hybridized carbons (Fsp3) is 0.235. The second-order valence-corrected chi connectivity index (χ2v) is 5.24. The highest BCUT2D eigenvalue weighted by atomic mass is 35.5. The van der Waals surface area contributed by atoms with E-state index in [1.807, 2.05) is 49.4 Å². The van der Waals surface area contributed by atoms with E-state index in [9.17, 15) is 4.79 Å². The van der Waals surface area contributed by atoms with Crippen LogP contribution in [0.4, 0.5) is 0 Å². The third kappa shape index (κ3) is 4.23. The minimum atomic E-state index is -0.615. The van der Waals surface area contributed by atoms with E-state index in [0.717, 1.165) is 5.56 Å². The van der Waals surface area contributed by atoms with E-state index in [0.29, 0.717) is 10.8 Å². The minimum Gasteiger partial charge on any atom is -0.479 e. The summed E-state index contributed by atoms with van der Waals surface area (Å²) < 4.78 is 5.60. The largest absolute Gasteiger partial charge is 0.479 e. The molecule has 0 aliphatic carbocycles. The number of amides is 1. The number of halogens is 1. The summed E-state index contributed by atoms with van der Waals surface area (Å²) in [5.74, 6) is 0.334. The molecule has 4 heteroatoms. The van der Waals surface area contributed by atoms with Crippen LogP contribution in [0.1, 0.15) is 25.5 Å². The average Bonchev–Trinajstić information content (AvgIpc) is 2.50. The van der Waals surface area contributed by atoms with Crippen LogP contribution in [0, 0.1) is 0 Å². The highest BCUT2D eigenvalue weighted by Gasteiger charge is 2.18. The van der Waals surface area contributed by atoms with Gasteiger partial charge in [0.2, 0.25) is 0 Å². The Balaban J connectivity index is 1.95. The van der Waals surface area contributed by atoms with Crippen molar-refractivity contribution in [3.8, 4) is 5.75 Å². The Bertz CT molecular complexity index is 601. The van der Waals surface area contributed by atoms with Crippen molar-refractivity contribution in [2.75, 3.05) is 0 Å². The van der Waals surface area contributed by atoms with Crippen LogP contribution < -0.4 is 10.1 Å². The van der Waals surface area contributed by atoms with Crippen LogP contribution in [-0.2, 0) is 4.79 Å². The summed E-state index contributed by atoms with van der Waals surface area (Å²) in [6.45, 7) is 3.64. The molecule has 2 atom stereocenters. The van der Waals surface area contributed by atoms with Gasteiger partial charge < -0.3 is 10.1 Å². The van der Waals surface area contributed by atoms with Crippen molar-refractivity contribution in [1.29, 1.82) is 0 Å². The van der Waals surface area contributed by atoms with Crippen molar-refractivity contribution >= 4 is 17.5 Å². The van der Waals surface area contributed by atoms with Gasteiger partial charge in [-0.1, -0.05) is 54.1 Å². The first-order valence-corrected chi connectivity index (χ1v) is 7.22. The van der Waals surface area contributed by atoms with Gasteiger partial charge >= 0.3 is 0 Å². The predicted molar refractivity (Wildman–Crippen MR) is 84.5 cm³/mol. The molecule has 2 rings (SSSR count). The molecule has 0 aromatic heterocycles. The molecule has 0 bridgehead atoms. The van der Waals surface area contributed by atoms with Crippen LogP contribution in [-0.4, -0.2) is 12.0 Å². The van der Waals surface area contributed by atoms with Gasteiger partial charge in [-0.2, -0.15) is 0 Å². The molecule has 0 saturated heterocycles. The first kappa shape index (κ1) is 15.4. The maximum atomic E-state index is 12.2. The van der Waals surface area contributed by atoms with Crippen LogP contribution in [0.3, 0.4) is 0 Å². The van der Waals surface area contributed by atoms with E-state index in [4.69, 9.17) is 16.3 Å². The van der Waals surface area contributed by atoms with Crippen LogP contribution in [0.15, 0.2) is 54.6 Å². The number of carbonyl (C=O) groups excluding carboxylic acids is 1. The zero-order chi connectivity index (χ0) is 15.2. The SMILES string of the molecule is C[C@H](Oc1ccccc1Cl)C(=O)N[C@@H](C)c1ccccc1. The van der Waals surface area contributed by atoms with Crippen molar-refractivity contribution in [2.24, 2.45) is 0 Å². The maximum Gasteiger partial charge on any atom is 0.261 e. The minimum absolute atomic E-state index is 0.0732. The normalized spacial score (nSPS) is 13.3. The van der Waals surface area contributed by atoms with Gasteiger partial charge in [-0.25, -0.2) is 0 Å². The van der Waals surface area contributed by atoms with Crippen molar-refractivity contribution in [2.45, 2.75) is 26.0 Å². The number of hydrogen-bond donors (Lipinski definition) is 1. The average molecular weight is 304 g/mol. The first-order chi connectivity index (χ1) is 10.1. The third-order valence-electron chi connectivity index (χ3n) is 3.17. The number of carbonyl (C=O) groups is 1. The van der Waals surface area contributed by atoms with E-state index < -0.39 is 6.10 Å². The van der Waals surface area contributed by atoms with E-state index in [1.165, 1.54) is 0 Å². The summed E-state index contributed by atoms with van der Waals surface area (Å²) in [6, 6.07) is 16.8. The zero-order valence-electron chi connectivity index (χ0n) is 12.0. The van der Waals surface area contributed by atoms with Gasteiger partial charge in [0.05, 0.1) is 11.1 Å². The molecular weight excluding hydrogens is 286 g/mol. The molecule has 21 heavy (non-hydrogen) atoms. The van der Waals surface area contributed by atoms with Crippen molar-refractivity contribution in [1.82, 2.24) is 5.32 Å². The lowest BCUT2D eigenvalue weighted by molar-refractivity contribution is -0.127. The van der Waals surface area contributed by atoms with Crippen LogP contribution in [0.2, 0.25) is 5.02 Å². The summed E-state index contributed by atoms with van der Waals surface area (Å²) in [6.07, 6.45) is -0.615. The molecule has 0 fully saturated rings. The molecule has 110 valence electrons. The van der Waals surface area contributed by atoms with E-state index in [-0.39, 0.29) is 11.9 Å². The lowest BCUT2D eigenvalue weighted by Gasteiger charge is -2.19. The molecule has 0 spiro atoms. The van der Waals surface area contributed by atoms with E-state index in [1.54, 1.807) is 19.1 Å². The Labute approximate surface area is 129 Å². The van der Waals surface area contributed by atoms with Crippen molar-refractivity contribution in [3.05, 3.63) is 65.2 Å². The summed E-state index contributed by atoms with van der Waals surface area (Å²) in [5, 5.41) is 3.42. The molecule has 0 heterocycles. The standard InChI is InChI=1S/C17H18ClNO2/c1-12(14-8-4-3-5-9-14)19-17(20)13(2)21-16-11-7-6-10-15(16)18/h3-13H,1-2H3,(H,19,20)/t12-,13-/m0/s1. The van der Waals surface area contributed by atoms with Crippen LogP contribution in [0.25, 0.3) is 0 Å². The summed E-state index contributed by atoms with van der Waals surface area (Å²) >= 11 is 6.02. The number of benzene rings is 2. The quantitative estimate of drug-likeness (QED) is 0.907. The smallest absolute Gasteiger partial charge is 0.261 e. The zero-order valence-corrected chi connectivity index (χ0v) is 12.8. The van der Waals surface area contributed by atoms with Gasteiger partial charge in [0.25, 0.3) is 5.91 Å². The predicted octanol–water partition coefficient (Wildman–Crippen LogP) is 3.98. The van der Waals surface area contributed by atoms with Gasteiger partial charge in [-0.05, 0) is 31.5 Å². The molecule has 0 saturated carbocycles. The number of nitrogens with one attached hydrogen (secondary N) is 1. The number of hydrogen-bond acceptors (Lipinski definition) is 2. The lowest BCUT2D eigenvalue weighted by atomic mass is 10.1. The molecule has 1 amide bonds. The fourth-order valence-electron chi connectivity index (χ4n) is 1.94. The van der Waals surface area contributed by atoms with Gasteiger partial charge in [-0.3, -0.25) is 4.79 Å². The maximum absolute atomic E-state index is 12.2. The lowest BCUT2D eigenvalue weighted by Crippen LogP contribution is -2.37. The fourth-order valence-corrected chi connectivity index (χ4v) is 2.12. The summed E-state index contributed by atoms with van der Waals surface area (Å²) in [4.78, 5) is 12.2. The monoisotopic (exact) mass is 303 g/mol. The Morgan fingerprint density at radius 1 is 1.05 bits per heavy atom. The van der Waals surface area contributed by atoms with Crippen LogP contribution in [0.5, 0.6) is 5.75 Å². The third-order valence-corrected chi connectivity index (χ3v) is 3.48. The molecule has 0 radical (unpaired) electrons. The summed E-state index contributed by atoms with van der Waals surface area (Å²) in [7, 11) is 0.